The molecule has 1 saturated heterocycles. The molecule has 1 aromatic heterocycles. The van der Waals surface area contributed by atoms with Gasteiger partial charge in [0.05, 0.1) is 18.0 Å². The van der Waals surface area contributed by atoms with Gasteiger partial charge < -0.3 is 14.5 Å². The number of anilines is 2. The Morgan fingerprint density at radius 3 is 3.08 bits per heavy atom. The van der Waals surface area contributed by atoms with Crippen LogP contribution in [-0.2, 0) is 17.8 Å². The van der Waals surface area contributed by atoms with Gasteiger partial charge in [0.2, 0.25) is 0 Å². The molecular weight excluding hydrogens is 316 g/mol. The van der Waals surface area contributed by atoms with Crippen LogP contribution < -0.4 is 15.4 Å². The smallest absolute Gasteiger partial charge is 0.269 e. The van der Waals surface area contributed by atoms with Gasteiger partial charge in [0, 0.05) is 44.5 Å². The number of fused-ring (bicyclic) bond motifs is 1. The Hall–Kier alpha value is -2.34. The third kappa shape index (κ3) is 3.02. The Morgan fingerprint density at radius 1 is 1.40 bits per heavy atom. The summed E-state index contributed by atoms with van der Waals surface area (Å²) in [5, 5.41) is 6.47. The molecule has 25 heavy (non-hydrogen) atoms. The van der Waals surface area contributed by atoms with Crippen LogP contribution in [0.25, 0.3) is 0 Å². The first-order valence-electron chi connectivity index (χ1n) is 8.86. The average molecular weight is 340 g/mol. The molecule has 1 N–H and O–H groups in total. The van der Waals surface area contributed by atoms with E-state index in [1.165, 1.54) is 16.8 Å². The monoisotopic (exact) mass is 340 g/mol. The largest absolute Gasteiger partial charge is 0.376 e. The molecule has 2 aliphatic heterocycles. The van der Waals surface area contributed by atoms with E-state index in [1.807, 2.05) is 6.92 Å². The number of rotatable bonds is 4. The van der Waals surface area contributed by atoms with Crippen LogP contribution in [0.5, 0.6) is 0 Å². The SMILES string of the molecule is Cc1c(N2Cc3cccc(N(C)C[C@H]4CCCO4)c3C2)cn[nH]c1=O. The number of benzene rings is 1. The standard InChI is InChI=1S/C19H24N4O2/c1-13-18(9-20-21-19(13)24)23-10-14-5-3-7-17(16(14)12-23)22(2)11-15-6-4-8-25-15/h3,5,7,9,15H,4,6,8,10-12H2,1-2H3,(H,21,24)/t15-/m1/s1. The number of aromatic nitrogens is 2. The normalized spacial score (nSPS) is 19.3. The highest BCUT2D eigenvalue weighted by Crippen LogP contribution is 2.34. The third-order valence-electron chi connectivity index (χ3n) is 5.29. The first kappa shape index (κ1) is 16.1. The zero-order valence-corrected chi connectivity index (χ0v) is 14.8. The summed E-state index contributed by atoms with van der Waals surface area (Å²) >= 11 is 0. The predicted octanol–water partition coefficient (Wildman–Crippen LogP) is 2.21. The number of nitrogens with zero attached hydrogens (tertiary/aromatic N) is 3. The molecule has 132 valence electrons. The molecule has 0 spiro atoms. The van der Waals surface area contributed by atoms with Gasteiger partial charge in [-0.15, -0.1) is 0 Å². The summed E-state index contributed by atoms with van der Waals surface area (Å²) in [7, 11) is 2.14. The number of aromatic amines is 1. The zero-order chi connectivity index (χ0) is 17.4. The summed E-state index contributed by atoms with van der Waals surface area (Å²) in [6.07, 6.45) is 4.38. The van der Waals surface area contributed by atoms with Gasteiger partial charge in [-0.25, -0.2) is 5.10 Å². The fraction of sp³-hybridized carbons (Fsp3) is 0.474. The van der Waals surface area contributed by atoms with Crippen molar-refractivity contribution in [3.63, 3.8) is 0 Å². The quantitative estimate of drug-likeness (QED) is 0.925. The fourth-order valence-electron chi connectivity index (χ4n) is 3.89. The van der Waals surface area contributed by atoms with Gasteiger partial charge in [0.1, 0.15) is 0 Å². The summed E-state index contributed by atoms with van der Waals surface area (Å²) in [4.78, 5) is 16.4. The minimum absolute atomic E-state index is 0.121. The van der Waals surface area contributed by atoms with Crippen LogP contribution in [0.1, 0.15) is 29.5 Å². The van der Waals surface area contributed by atoms with E-state index in [4.69, 9.17) is 4.74 Å². The Balaban J connectivity index is 1.59. The molecular formula is C19H24N4O2. The van der Waals surface area contributed by atoms with Crippen molar-refractivity contribution in [1.29, 1.82) is 0 Å². The van der Waals surface area contributed by atoms with Gasteiger partial charge in [0.25, 0.3) is 5.56 Å². The Morgan fingerprint density at radius 2 is 2.28 bits per heavy atom. The van der Waals surface area contributed by atoms with Gasteiger partial charge in [-0.1, -0.05) is 12.1 Å². The van der Waals surface area contributed by atoms with E-state index in [0.29, 0.717) is 6.10 Å². The van der Waals surface area contributed by atoms with E-state index in [2.05, 4.69) is 45.2 Å². The van der Waals surface area contributed by atoms with E-state index >= 15 is 0 Å². The van der Waals surface area contributed by atoms with E-state index in [1.54, 1.807) is 6.20 Å². The zero-order valence-electron chi connectivity index (χ0n) is 14.8. The number of H-pyrrole nitrogens is 1. The van der Waals surface area contributed by atoms with Crippen LogP contribution in [0.4, 0.5) is 11.4 Å². The lowest BCUT2D eigenvalue weighted by molar-refractivity contribution is 0.116. The number of likely N-dealkylation sites (N-methyl/N-ethyl adjacent to an activating group) is 1. The minimum atomic E-state index is -0.121. The molecule has 2 aliphatic rings. The summed E-state index contributed by atoms with van der Waals surface area (Å²) in [5.41, 5.74) is 5.42. The number of nitrogens with one attached hydrogen (secondary N) is 1. The van der Waals surface area contributed by atoms with Gasteiger partial charge in [-0.2, -0.15) is 5.10 Å². The Labute approximate surface area is 147 Å². The van der Waals surface area contributed by atoms with Crippen LogP contribution in [0, 0.1) is 6.92 Å². The lowest BCUT2D eigenvalue weighted by Gasteiger charge is -2.25. The lowest BCUT2D eigenvalue weighted by Crippen LogP contribution is -2.29. The molecule has 0 amide bonds. The second kappa shape index (κ2) is 6.52. The first-order chi connectivity index (χ1) is 12.1. The number of hydrogen-bond donors (Lipinski definition) is 1. The molecule has 3 heterocycles. The molecule has 6 nitrogen and oxygen atoms in total. The van der Waals surface area contributed by atoms with Gasteiger partial charge in [-0.05, 0) is 37.0 Å². The summed E-state index contributed by atoms with van der Waals surface area (Å²) in [6, 6.07) is 6.47. The highest BCUT2D eigenvalue weighted by Gasteiger charge is 2.26. The summed E-state index contributed by atoms with van der Waals surface area (Å²) in [6.45, 7) is 5.26. The van der Waals surface area contributed by atoms with Crippen molar-refractivity contribution in [3.05, 3.63) is 51.4 Å². The molecule has 1 atom stereocenters. The van der Waals surface area contributed by atoms with Crippen molar-refractivity contribution >= 4 is 11.4 Å². The van der Waals surface area contributed by atoms with Gasteiger partial charge >= 0.3 is 0 Å². The van der Waals surface area contributed by atoms with Crippen LogP contribution in [0.15, 0.2) is 29.2 Å². The van der Waals surface area contributed by atoms with E-state index < -0.39 is 0 Å². The first-order valence-corrected chi connectivity index (χ1v) is 8.86. The van der Waals surface area contributed by atoms with Crippen LogP contribution >= 0.6 is 0 Å². The highest BCUT2D eigenvalue weighted by molar-refractivity contribution is 5.63. The van der Waals surface area contributed by atoms with Crippen LogP contribution in [-0.4, -0.2) is 36.5 Å². The molecule has 0 aliphatic carbocycles. The molecule has 0 bridgehead atoms. The fourth-order valence-corrected chi connectivity index (χ4v) is 3.89. The molecule has 4 rings (SSSR count). The van der Waals surface area contributed by atoms with E-state index in [0.717, 1.165) is 50.3 Å². The van der Waals surface area contributed by atoms with E-state index in [-0.39, 0.29) is 5.56 Å². The maximum Gasteiger partial charge on any atom is 0.269 e. The van der Waals surface area contributed by atoms with Crippen molar-refractivity contribution < 1.29 is 4.74 Å². The summed E-state index contributed by atoms with van der Waals surface area (Å²) < 4.78 is 5.79. The van der Waals surface area contributed by atoms with Gasteiger partial charge in [-0.3, -0.25) is 4.79 Å². The Kier molecular flexibility index (Phi) is 4.21. The van der Waals surface area contributed by atoms with Crippen molar-refractivity contribution in [2.75, 3.05) is 30.0 Å². The van der Waals surface area contributed by atoms with Crippen molar-refractivity contribution in [2.24, 2.45) is 0 Å². The van der Waals surface area contributed by atoms with Crippen LogP contribution in [0.2, 0.25) is 0 Å². The molecule has 2 aromatic rings. The Bertz CT molecular complexity index is 826. The maximum absolute atomic E-state index is 11.9. The third-order valence-corrected chi connectivity index (χ3v) is 5.29. The highest BCUT2D eigenvalue weighted by atomic mass is 16.5. The van der Waals surface area contributed by atoms with Crippen LogP contribution in [0.3, 0.4) is 0 Å². The molecule has 1 aromatic carbocycles. The molecule has 0 saturated carbocycles. The number of ether oxygens (including phenoxy) is 1. The summed E-state index contributed by atoms with van der Waals surface area (Å²) in [5.74, 6) is 0. The van der Waals surface area contributed by atoms with E-state index in [9.17, 15) is 4.79 Å². The molecule has 1 fully saturated rings. The second-order valence-electron chi connectivity index (χ2n) is 7.00. The van der Waals surface area contributed by atoms with Crippen molar-refractivity contribution in [2.45, 2.75) is 39.0 Å². The minimum Gasteiger partial charge on any atom is -0.376 e. The van der Waals surface area contributed by atoms with Crippen molar-refractivity contribution in [3.8, 4) is 0 Å². The van der Waals surface area contributed by atoms with Crippen molar-refractivity contribution in [1.82, 2.24) is 10.2 Å². The topological polar surface area (TPSA) is 61.5 Å². The molecule has 0 radical (unpaired) electrons. The van der Waals surface area contributed by atoms with Gasteiger partial charge in [0.15, 0.2) is 0 Å². The lowest BCUT2D eigenvalue weighted by atomic mass is 10.1. The number of hydrogen-bond acceptors (Lipinski definition) is 5. The molecule has 0 unspecified atom stereocenters. The molecule has 6 heteroatoms. The maximum atomic E-state index is 11.9. The second-order valence-corrected chi connectivity index (χ2v) is 7.00. The predicted molar refractivity (Wildman–Crippen MR) is 98.2 cm³/mol. The average Bonchev–Trinajstić information content (AvgIpc) is 3.26.